The van der Waals surface area contributed by atoms with Crippen molar-refractivity contribution >= 4 is 5.91 Å². The van der Waals surface area contributed by atoms with Gasteiger partial charge in [-0.1, -0.05) is 48.8 Å². The van der Waals surface area contributed by atoms with Crippen molar-refractivity contribution in [1.29, 1.82) is 0 Å². The fourth-order valence-electron chi connectivity index (χ4n) is 3.08. The summed E-state index contributed by atoms with van der Waals surface area (Å²) in [5, 5.41) is 4.12. The summed E-state index contributed by atoms with van der Waals surface area (Å²) in [6, 6.07) is 8.14. The van der Waals surface area contributed by atoms with Crippen LogP contribution in [0.25, 0.3) is 11.4 Å². The molecular formula is C19H26N4O2. The molecule has 6 nitrogen and oxygen atoms in total. The summed E-state index contributed by atoms with van der Waals surface area (Å²) in [5.41, 5.74) is 2.16. The Morgan fingerprint density at radius 1 is 1.08 bits per heavy atom. The molecule has 1 aromatic heterocycles. The number of carbonyl (C=O) groups excluding carboxylic acids is 1. The molecule has 1 fully saturated rings. The van der Waals surface area contributed by atoms with E-state index in [1.54, 1.807) is 0 Å². The van der Waals surface area contributed by atoms with Crippen molar-refractivity contribution < 1.29 is 9.32 Å². The monoisotopic (exact) mass is 342 g/mol. The third-order valence-corrected chi connectivity index (χ3v) is 4.78. The van der Waals surface area contributed by atoms with Crippen molar-refractivity contribution in [3.63, 3.8) is 0 Å². The second-order valence-corrected chi connectivity index (χ2v) is 7.01. The van der Waals surface area contributed by atoms with Gasteiger partial charge in [-0.25, -0.2) is 0 Å². The number of carbonyl (C=O) groups is 1. The summed E-state index contributed by atoms with van der Waals surface area (Å²) in [6.45, 7) is 11.2. The molecule has 134 valence electrons. The lowest BCUT2D eigenvalue weighted by molar-refractivity contribution is -0.136. The van der Waals surface area contributed by atoms with Crippen LogP contribution in [-0.2, 0) is 4.79 Å². The van der Waals surface area contributed by atoms with Crippen LogP contribution in [0.5, 0.6) is 0 Å². The molecule has 1 atom stereocenters. The van der Waals surface area contributed by atoms with Gasteiger partial charge in [-0.3, -0.25) is 9.69 Å². The van der Waals surface area contributed by atoms with Gasteiger partial charge in [-0.15, -0.1) is 0 Å². The molecule has 1 saturated heterocycles. The molecule has 3 rings (SSSR count). The van der Waals surface area contributed by atoms with Crippen LogP contribution >= 0.6 is 0 Å². The minimum absolute atomic E-state index is 0.0444. The minimum Gasteiger partial charge on any atom is -0.340 e. The van der Waals surface area contributed by atoms with Gasteiger partial charge < -0.3 is 9.42 Å². The van der Waals surface area contributed by atoms with Crippen molar-refractivity contribution in [3.05, 3.63) is 35.7 Å². The number of aromatic nitrogens is 2. The van der Waals surface area contributed by atoms with Crippen LogP contribution in [0.1, 0.15) is 38.3 Å². The van der Waals surface area contributed by atoms with Crippen LogP contribution < -0.4 is 0 Å². The molecule has 0 aliphatic carbocycles. The van der Waals surface area contributed by atoms with E-state index in [4.69, 9.17) is 4.52 Å². The molecule has 1 aromatic carbocycles. The molecule has 0 N–H and O–H groups in total. The summed E-state index contributed by atoms with van der Waals surface area (Å²) in [7, 11) is 0. The number of hydrogen-bond donors (Lipinski definition) is 0. The number of nitrogens with zero attached hydrogens (tertiary/aromatic N) is 4. The predicted octanol–water partition coefficient (Wildman–Crippen LogP) is 2.91. The molecule has 0 bridgehead atoms. The van der Waals surface area contributed by atoms with Crippen molar-refractivity contribution in [1.82, 2.24) is 19.9 Å². The zero-order valence-corrected chi connectivity index (χ0v) is 15.4. The zero-order chi connectivity index (χ0) is 18.0. The highest BCUT2D eigenvalue weighted by atomic mass is 16.5. The third kappa shape index (κ3) is 3.90. The molecule has 2 heterocycles. The average molecular weight is 342 g/mol. The summed E-state index contributed by atoms with van der Waals surface area (Å²) in [5.74, 6) is 1.53. The van der Waals surface area contributed by atoms with Crippen LogP contribution in [0.2, 0.25) is 0 Å². The van der Waals surface area contributed by atoms with Gasteiger partial charge in [0, 0.05) is 37.7 Å². The van der Waals surface area contributed by atoms with Gasteiger partial charge in [-0.05, 0) is 13.8 Å². The van der Waals surface area contributed by atoms with E-state index >= 15 is 0 Å². The van der Waals surface area contributed by atoms with Gasteiger partial charge in [0.1, 0.15) is 0 Å². The first-order valence-corrected chi connectivity index (χ1v) is 8.89. The topological polar surface area (TPSA) is 62.5 Å². The quantitative estimate of drug-likeness (QED) is 0.855. The van der Waals surface area contributed by atoms with Gasteiger partial charge in [0.2, 0.25) is 17.6 Å². The predicted molar refractivity (Wildman–Crippen MR) is 95.9 cm³/mol. The highest BCUT2D eigenvalue weighted by molar-refractivity contribution is 5.78. The average Bonchev–Trinajstić information content (AvgIpc) is 3.11. The fraction of sp³-hybridized carbons (Fsp3) is 0.526. The van der Waals surface area contributed by atoms with E-state index in [0.717, 1.165) is 31.7 Å². The van der Waals surface area contributed by atoms with Crippen LogP contribution in [0.15, 0.2) is 28.8 Å². The first-order chi connectivity index (χ1) is 12.0. The van der Waals surface area contributed by atoms with E-state index < -0.39 is 0 Å². The Morgan fingerprint density at radius 3 is 2.32 bits per heavy atom. The van der Waals surface area contributed by atoms with Crippen LogP contribution in [-0.4, -0.2) is 52.0 Å². The van der Waals surface area contributed by atoms with E-state index in [9.17, 15) is 4.79 Å². The summed E-state index contributed by atoms with van der Waals surface area (Å²) < 4.78 is 5.49. The largest absolute Gasteiger partial charge is 0.340 e. The molecule has 6 heteroatoms. The van der Waals surface area contributed by atoms with Gasteiger partial charge in [0.25, 0.3) is 0 Å². The van der Waals surface area contributed by atoms with Crippen LogP contribution in [0.4, 0.5) is 0 Å². The molecule has 2 aromatic rings. The Bertz CT molecular complexity index is 715. The number of piperazine rings is 1. The van der Waals surface area contributed by atoms with E-state index in [0.29, 0.717) is 11.7 Å². The number of hydrogen-bond acceptors (Lipinski definition) is 5. The molecule has 0 radical (unpaired) electrons. The molecule has 0 spiro atoms. The normalized spacial score (nSPS) is 17.1. The second-order valence-electron chi connectivity index (χ2n) is 7.01. The lowest BCUT2D eigenvalue weighted by Crippen LogP contribution is -2.50. The third-order valence-electron chi connectivity index (χ3n) is 4.78. The number of rotatable bonds is 4. The highest BCUT2D eigenvalue weighted by Gasteiger charge is 2.28. The second kappa shape index (κ2) is 7.35. The van der Waals surface area contributed by atoms with Crippen molar-refractivity contribution in [2.45, 2.75) is 33.7 Å². The maximum atomic E-state index is 12.1. The molecule has 25 heavy (non-hydrogen) atoms. The molecule has 1 amide bonds. The van der Waals surface area contributed by atoms with Crippen molar-refractivity contribution in [2.24, 2.45) is 5.92 Å². The summed E-state index contributed by atoms with van der Waals surface area (Å²) >= 11 is 0. The summed E-state index contributed by atoms with van der Waals surface area (Å²) in [4.78, 5) is 20.9. The smallest absolute Gasteiger partial charge is 0.244 e. The fourth-order valence-corrected chi connectivity index (χ4v) is 3.08. The first kappa shape index (κ1) is 17.6. The van der Waals surface area contributed by atoms with Gasteiger partial charge in [0.15, 0.2) is 0 Å². The molecule has 1 aliphatic rings. The highest BCUT2D eigenvalue weighted by Crippen LogP contribution is 2.24. The van der Waals surface area contributed by atoms with E-state index in [1.807, 2.05) is 43.0 Å². The van der Waals surface area contributed by atoms with Gasteiger partial charge >= 0.3 is 0 Å². The van der Waals surface area contributed by atoms with Gasteiger partial charge in [0.05, 0.1) is 6.04 Å². The maximum Gasteiger partial charge on any atom is 0.244 e. The van der Waals surface area contributed by atoms with Crippen molar-refractivity contribution in [2.75, 3.05) is 26.2 Å². The van der Waals surface area contributed by atoms with Crippen LogP contribution in [0, 0.1) is 12.8 Å². The lowest BCUT2D eigenvalue weighted by Gasteiger charge is -2.37. The number of aryl methyl sites for hydroxylation is 1. The minimum atomic E-state index is 0.0444. The zero-order valence-electron chi connectivity index (χ0n) is 15.4. The number of benzene rings is 1. The van der Waals surface area contributed by atoms with Crippen molar-refractivity contribution in [3.8, 4) is 11.4 Å². The van der Waals surface area contributed by atoms with Crippen LogP contribution in [0.3, 0.4) is 0 Å². The molecule has 1 aliphatic heterocycles. The Kier molecular flexibility index (Phi) is 5.18. The number of amides is 1. The van der Waals surface area contributed by atoms with E-state index in [2.05, 4.69) is 28.9 Å². The Morgan fingerprint density at radius 2 is 1.72 bits per heavy atom. The molecular weight excluding hydrogens is 316 g/mol. The Hall–Kier alpha value is -2.21. The maximum absolute atomic E-state index is 12.1. The summed E-state index contributed by atoms with van der Waals surface area (Å²) in [6.07, 6.45) is 0. The van der Waals surface area contributed by atoms with E-state index in [-0.39, 0.29) is 17.9 Å². The molecule has 1 unspecified atom stereocenters. The first-order valence-electron chi connectivity index (χ1n) is 8.89. The molecule has 0 saturated carbocycles. The SMILES string of the molecule is Cc1ccc(-c2noc(C(C)N3CCN(C(=O)C(C)C)CC3)n2)cc1. The van der Waals surface area contributed by atoms with E-state index in [1.165, 1.54) is 5.56 Å². The Labute approximate surface area is 148 Å². The van der Waals surface area contributed by atoms with Gasteiger partial charge in [-0.2, -0.15) is 4.98 Å². The lowest BCUT2D eigenvalue weighted by atomic mass is 10.1. The Balaban J connectivity index is 1.63. The standard InChI is InChI=1S/C19H26N4O2/c1-13(2)19(24)23-11-9-22(10-12-23)15(4)18-20-17(21-25-18)16-7-5-14(3)6-8-16/h5-8,13,15H,9-12H2,1-4H3.